The van der Waals surface area contributed by atoms with E-state index in [-0.39, 0.29) is 19.3 Å². The third-order valence-electron chi connectivity index (χ3n) is 16.0. The number of phosphoric acid groups is 2. The Kier molecular flexibility index (Phi) is 71.7. The van der Waals surface area contributed by atoms with Gasteiger partial charge in [-0.25, -0.2) is 9.13 Å². The van der Waals surface area contributed by atoms with Crippen LogP contribution in [0.3, 0.4) is 0 Å². The molecule has 0 fully saturated rings. The molecule has 578 valence electrons. The van der Waals surface area contributed by atoms with Gasteiger partial charge in [0.25, 0.3) is 0 Å². The molecule has 0 aromatic carbocycles. The fourth-order valence-electron chi connectivity index (χ4n) is 10.1. The predicted molar refractivity (Wildman–Crippen MR) is 417 cm³/mol. The molecule has 101 heavy (non-hydrogen) atoms. The molecule has 16 nitrogen and oxygen atoms in total. The first-order valence-electron chi connectivity index (χ1n) is 39.1. The molecule has 0 bridgehead atoms. The molecule has 0 aliphatic carbocycles. The van der Waals surface area contributed by atoms with Crippen LogP contribution in [0.1, 0.15) is 303 Å². The molecule has 4 N–H and O–H groups in total. The molecular formula is C83H140O16P2. The van der Waals surface area contributed by atoms with E-state index < -0.39 is 91.5 Å². The average molecular weight is 1460 g/mol. The molecular weight excluding hydrogens is 1310 g/mol. The maximum absolute atomic E-state index is 12.9. The fourth-order valence-corrected chi connectivity index (χ4v) is 11.7. The molecule has 0 aliphatic rings. The zero-order valence-electron chi connectivity index (χ0n) is 63.0. The van der Waals surface area contributed by atoms with Crippen LogP contribution in [0, 0.1) is 0 Å². The smallest absolute Gasteiger partial charge is 0.463 e. The monoisotopic (exact) mass is 1450 g/mol. The number of carbonyl (C=O) groups excluding carboxylic acids is 3. The molecule has 5 atom stereocenters. The lowest BCUT2D eigenvalue weighted by Crippen LogP contribution is -2.30. The van der Waals surface area contributed by atoms with E-state index >= 15 is 0 Å². The molecule has 0 rings (SSSR count). The molecule has 0 aromatic rings. The topological polar surface area (TPSA) is 231 Å². The highest BCUT2D eigenvalue weighted by molar-refractivity contribution is 7.47. The average Bonchev–Trinajstić information content (AvgIpc) is 0.995. The lowest BCUT2D eigenvalue weighted by molar-refractivity contribution is -0.161. The summed E-state index contributed by atoms with van der Waals surface area (Å²) in [5.74, 6) is -1.66. The van der Waals surface area contributed by atoms with Crippen LogP contribution in [0.5, 0.6) is 0 Å². The summed E-state index contributed by atoms with van der Waals surface area (Å²) >= 11 is 0. The number of carbonyl (C=O) groups is 3. The number of rotatable bonds is 73. The minimum absolute atomic E-state index is 0.0191. The van der Waals surface area contributed by atoms with Crippen molar-refractivity contribution in [2.24, 2.45) is 0 Å². The molecule has 0 saturated carbocycles. The Hall–Kier alpha value is -4.57. The minimum atomic E-state index is -4.95. The standard InChI is InChI=1S/C83H140O16P2/c1-4-7-10-13-16-19-22-25-28-31-33-34-35-36-37-38-39-40-41-42-44-47-48-51-54-57-60-63-66-69-81(86)93-72-78(84)73-95-100(89,90)96-74-79(85)75-97-101(91,92)98-77-80(99-83(88)71-68-65-62-59-56-53-50-45-30-27-24-21-18-15-12-9-6-3)76-94-82(87)70-67-64-61-58-55-52-49-46-43-32-29-26-23-20-17-14-11-8-5-2/h9,12,16-21,25-30,33-34,36-37,43,46,50,53,59,62,78-80,84-85H,4-8,10-11,13-15,22-24,31-32,35,38-42,44-45,47-49,51-52,54-58,60-61,63-77H2,1-3H3,(H,89,90)(H,91,92)/b12-9-,19-16-,20-17-,21-18-,28-25-,29-26-,30-27-,34-33-,37-36-,46-43-,53-50-,62-59-. The Bertz CT molecular complexity index is 2420. The van der Waals surface area contributed by atoms with Gasteiger partial charge in [0.05, 0.1) is 26.4 Å². The fraction of sp³-hybridized carbons (Fsp3) is 0.675. The first-order valence-corrected chi connectivity index (χ1v) is 42.1. The lowest BCUT2D eigenvalue weighted by Gasteiger charge is -2.21. The van der Waals surface area contributed by atoms with Gasteiger partial charge >= 0.3 is 33.6 Å². The van der Waals surface area contributed by atoms with Gasteiger partial charge in [0.15, 0.2) is 6.10 Å². The van der Waals surface area contributed by atoms with Gasteiger partial charge in [0.2, 0.25) is 0 Å². The normalized spacial score (nSPS) is 14.8. The molecule has 0 heterocycles. The molecule has 0 radical (unpaired) electrons. The predicted octanol–water partition coefficient (Wildman–Crippen LogP) is 22.9. The third-order valence-corrected chi connectivity index (χ3v) is 17.9. The van der Waals surface area contributed by atoms with Crippen molar-refractivity contribution in [3.8, 4) is 0 Å². The summed E-state index contributed by atoms with van der Waals surface area (Å²) in [5.41, 5.74) is 0. The number of esters is 3. The Morgan fingerprint density at radius 1 is 0.287 bits per heavy atom. The van der Waals surface area contributed by atoms with E-state index in [0.29, 0.717) is 25.7 Å². The highest BCUT2D eigenvalue weighted by Gasteiger charge is 2.29. The van der Waals surface area contributed by atoms with Crippen LogP contribution in [0.2, 0.25) is 0 Å². The van der Waals surface area contributed by atoms with E-state index in [1.165, 1.54) is 103 Å². The maximum atomic E-state index is 12.9. The molecule has 0 saturated heterocycles. The second kappa shape index (κ2) is 75.1. The summed E-state index contributed by atoms with van der Waals surface area (Å²) in [4.78, 5) is 58.6. The molecule has 0 aromatic heterocycles. The van der Waals surface area contributed by atoms with E-state index in [0.717, 1.165) is 135 Å². The summed E-state index contributed by atoms with van der Waals surface area (Å²) in [6, 6.07) is 0. The van der Waals surface area contributed by atoms with Crippen molar-refractivity contribution in [3.63, 3.8) is 0 Å². The van der Waals surface area contributed by atoms with Crippen molar-refractivity contribution in [2.75, 3.05) is 39.6 Å². The van der Waals surface area contributed by atoms with Crippen LogP contribution in [-0.2, 0) is 55.8 Å². The summed E-state index contributed by atoms with van der Waals surface area (Å²) in [7, 11) is -9.82. The summed E-state index contributed by atoms with van der Waals surface area (Å²) in [6.07, 6.45) is 91.9. The molecule has 0 amide bonds. The van der Waals surface area contributed by atoms with Crippen LogP contribution >= 0.6 is 15.6 Å². The minimum Gasteiger partial charge on any atom is -0.463 e. The van der Waals surface area contributed by atoms with E-state index in [4.69, 9.17) is 32.3 Å². The van der Waals surface area contributed by atoms with Gasteiger partial charge in [-0.05, 0) is 141 Å². The number of phosphoric ester groups is 2. The SMILES string of the molecule is CC/C=C\C/C=C\C/C=C\C/C=C\C/C=C\CCCC(=O)OC(COC(=O)CCCCCCCC/C=C\C/C=C\C/C=C\CCCCC)COP(=O)(O)OCC(O)COP(=O)(O)OCC(O)COC(=O)CCCCCCCCCCCCCCC/C=C\C/C=C\C/C=C\C/C=C\CCCCC. The second-order valence-electron chi connectivity index (χ2n) is 25.8. The number of hydrogen-bond donors (Lipinski definition) is 4. The van der Waals surface area contributed by atoms with Crippen molar-refractivity contribution in [1.29, 1.82) is 0 Å². The Balaban J connectivity index is 4.59. The quantitative estimate of drug-likeness (QED) is 0.0146. The van der Waals surface area contributed by atoms with Gasteiger partial charge in [0, 0.05) is 19.3 Å². The third kappa shape index (κ3) is 76.4. The Labute approximate surface area is 613 Å². The van der Waals surface area contributed by atoms with Crippen molar-refractivity contribution < 1.29 is 75.8 Å². The van der Waals surface area contributed by atoms with Gasteiger partial charge in [-0.3, -0.25) is 32.5 Å². The number of ether oxygens (including phenoxy) is 3. The first-order chi connectivity index (χ1) is 49.2. The van der Waals surface area contributed by atoms with Crippen molar-refractivity contribution in [2.45, 2.75) is 322 Å². The van der Waals surface area contributed by atoms with Gasteiger partial charge < -0.3 is 34.2 Å². The van der Waals surface area contributed by atoms with E-state index in [1.807, 2.05) is 12.2 Å². The van der Waals surface area contributed by atoms with Gasteiger partial charge in [-0.15, -0.1) is 0 Å². The van der Waals surface area contributed by atoms with Crippen LogP contribution in [0.25, 0.3) is 0 Å². The molecule has 0 aliphatic heterocycles. The van der Waals surface area contributed by atoms with Gasteiger partial charge in [0.1, 0.15) is 25.4 Å². The van der Waals surface area contributed by atoms with Crippen molar-refractivity contribution in [3.05, 3.63) is 146 Å². The van der Waals surface area contributed by atoms with Crippen molar-refractivity contribution >= 4 is 33.6 Å². The molecule has 5 unspecified atom stereocenters. The number of unbranched alkanes of at least 4 members (excludes halogenated alkanes) is 26. The number of aliphatic hydroxyl groups excluding tert-OH is 2. The molecule has 18 heteroatoms. The summed E-state index contributed by atoms with van der Waals surface area (Å²) < 4.78 is 61.0. The summed E-state index contributed by atoms with van der Waals surface area (Å²) in [5, 5.41) is 20.6. The van der Waals surface area contributed by atoms with E-state index in [9.17, 15) is 43.5 Å². The van der Waals surface area contributed by atoms with Crippen LogP contribution < -0.4 is 0 Å². The highest BCUT2D eigenvalue weighted by Crippen LogP contribution is 2.45. The van der Waals surface area contributed by atoms with Crippen LogP contribution in [-0.4, -0.2) is 95.9 Å². The maximum Gasteiger partial charge on any atom is 0.472 e. The Morgan fingerprint density at radius 2 is 0.535 bits per heavy atom. The van der Waals surface area contributed by atoms with E-state index in [1.54, 1.807) is 0 Å². The zero-order chi connectivity index (χ0) is 73.7. The second-order valence-corrected chi connectivity index (χ2v) is 28.7. The summed E-state index contributed by atoms with van der Waals surface area (Å²) in [6.45, 7) is 2.42. The molecule has 0 spiro atoms. The number of hydrogen-bond acceptors (Lipinski definition) is 14. The Morgan fingerprint density at radius 3 is 0.861 bits per heavy atom. The largest absolute Gasteiger partial charge is 0.472 e. The number of aliphatic hydroxyl groups is 2. The van der Waals surface area contributed by atoms with E-state index in [2.05, 4.69) is 154 Å². The first kappa shape index (κ1) is 96.4. The zero-order valence-corrected chi connectivity index (χ0v) is 64.8. The van der Waals surface area contributed by atoms with Gasteiger partial charge in [-0.1, -0.05) is 289 Å². The number of allylic oxidation sites excluding steroid dienone is 24. The highest BCUT2D eigenvalue weighted by atomic mass is 31.2. The van der Waals surface area contributed by atoms with Crippen LogP contribution in [0.15, 0.2) is 146 Å². The van der Waals surface area contributed by atoms with Gasteiger partial charge in [-0.2, -0.15) is 0 Å². The lowest BCUT2D eigenvalue weighted by atomic mass is 10.0. The van der Waals surface area contributed by atoms with Crippen LogP contribution in [0.4, 0.5) is 0 Å². The van der Waals surface area contributed by atoms with Crippen molar-refractivity contribution in [1.82, 2.24) is 0 Å².